The molecule has 0 atom stereocenters. The second-order valence-corrected chi connectivity index (χ2v) is 7.98. The number of nitrogens with one attached hydrogen (secondary N) is 1. The first-order valence-electron chi connectivity index (χ1n) is 5.95. The fourth-order valence-corrected chi connectivity index (χ4v) is 3.90. The number of anilines is 1. The van der Waals surface area contributed by atoms with Gasteiger partial charge in [0.25, 0.3) is 10.0 Å². The molecule has 1 N–H and O–H groups in total. The van der Waals surface area contributed by atoms with Crippen LogP contribution in [0.5, 0.6) is 0 Å². The van der Waals surface area contributed by atoms with Crippen LogP contribution in [0.25, 0.3) is 0 Å². The Bertz CT molecular complexity index is 763. The molecule has 0 aromatic heterocycles. The monoisotopic (exact) mass is 407 g/mol. The van der Waals surface area contributed by atoms with Gasteiger partial charge in [-0.25, -0.2) is 8.42 Å². The third-order valence-corrected chi connectivity index (χ3v) is 5.88. The van der Waals surface area contributed by atoms with Gasteiger partial charge in [0.1, 0.15) is 0 Å². The Morgan fingerprint density at radius 3 is 1.90 bits per heavy atom. The molecule has 2 aromatic rings. The fraction of sp³-hybridized carbons (Fsp3) is 0.143. The lowest BCUT2D eigenvalue weighted by Gasteiger charge is -2.12. The zero-order valence-corrected chi connectivity index (χ0v) is 15.2. The van der Waals surface area contributed by atoms with Crippen molar-refractivity contribution >= 4 is 54.8 Å². The molecule has 0 amide bonds. The van der Waals surface area contributed by atoms with Crippen LogP contribution in [-0.2, 0) is 10.0 Å². The first kappa shape index (κ1) is 16.6. The molecule has 0 aliphatic rings. The van der Waals surface area contributed by atoms with Gasteiger partial charge in [0.15, 0.2) is 0 Å². The first-order valence-corrected chi connectivity index (χ1v) is 8.98. The molecular formula is C14H12BrCl2NO2S. The number of hydrogen-bond donors (Lipinski definition) is 1. The van der Waals surface area contributed by atoms with Crippen molar-refractivity contribution in [3.8, 4) is 0 Å². The Morgan fingerprint density at radius 2 is 1.43 bits per heavy atom. The number of rotatable bonds is 3. The zero-order chi connectivity index (χ0) is 15.8. The van der Waals surface area contributed by atoms with Crippen LogP contribution >= 0.6 is 39.1 Å². The maximum absolute atomic E-state index is 12.4. The van der Waals surface area contributed by atoms with E-state index >= 15 is 0 Å². The Morgan fingerprint density at radius 1 is 0.952 bits per heavy atom. The summed E-state index contributed by atoms with van der Waals surface area (Å²) >= 11 is 15.1. The highest BCUT2D eigenvalue weighted by atomic mass is 79.9. The van der Waals surface area contributed by atoms with Crippen LogP contribution in [-0.4, -0.2) is 8.42 Å². The molecule has 0 radical (unpaired) electrons. The van der Waals surface area contributed by atoms with E-state index in [0.29, 0.717) is 5.69 Å². The summed E-state index contributed by atoms with van der Waals surface area (Å²) in [5.41, 5.74) is 2.37. The molecule has 112 valence electrons. The van der Waals surface area contributed by atoms with E-state index in [1.165, 1.54) is 18.2 Å². The molecule has 0 spiro atoms. The Hall–Kier alpha value is -0.750. The Balaban J connectivity index is 2.42. The van der Waals surface area contributed by atoms with Crippen molar-refractivity contribution in [2.24, 2.45) is 0 Å². The lowest BCUT2D eigenvalue weighted by atomic mass is 10.1. The summed E-state index contributed by atoms with van der Waals surface area (Å²) < 4.78 is 28.2. The molecule has 0 saturated carbocycles. The average Bonchev–Trinajstić information content (AvgIpc) is 2.34. The molecule has 0 unspecified atom stereocenters. The summed E-state index contributed by atoms with van der Waals surface area (Å²) in [6.07, 6.45) is 0. The van der Waals surface area contributed by atoms with Gasteiger partial charge in [0, 0.05) is 20.2 Å². The summed E-state index contributed by atoms with van der Waals surface area (Å²) in [7, 11) is -3.74. The lowest BCUT2D eigenvalue weighted by molar-refractivity contribution is 0.601. The van der Waals surface area contributed by atoms with E-state index in [4.69, 9.17) is 23.2 Å². The van der Waals surface area contributed by atoms with Gasteiger partial charge in [-0.05, 0) is 55.3 Å². The molecule has 0 bridgehead atoms. The van der Waals surface area contributed by atoms with E-state index in [2.05, 4.69) is 20.7 Å². The molecule has 0 aliphatic heterocycles. The third-order valence-electron chi connectivity index (χ3n) is 2.84. The summed E-state index contributed by atoms with van der Waals surface area (Å²) in [4.78, 5) is 0.0261. The van der Waals surface area contributed by atoms with Crippen LogP contribution in [0.4, 0.5) is 5.69 Å². The lowest BCUT2D eigenvalue weighted by Crippen LogP contribution is -2.13. The minimum Gasteiger partial charge on any atom is -0.280 e. The van der Waals surface area contributed by atoms with Gasteiger partial charge in [-0.15, -0.1) is 0 Å². The minimum atomic E-state index is -3.74. The summed E-state index contributed by atoms with van der Waals surface area (Å²) in [5.74, 6) is 0. The molecule has 2 aromatic carbocycles. The maximum Gasteiger partial charge on any atom is 0.261 e. The van der Waals surface area contributed by atoms with Crippen molar-refractivity contribution in [3.05, 3.63) is 56.0 Å². The third kappa shape index (κ3) is 3.92. The highest BCUT2D eigenvalue weighted by molar-refractivity contribution is 9.10. The second-order valence-electron chi connectivity index (χ2n) is 4.63. The van der Waals surface area contributed by atoms with Gasteiger partial charge in [-0.3, -0.25) is 4.72 Å². The summed E-state index contributed by atoms with van der Waals surface area (Å²) in [6, 6.07) is 7.69. The molecule has 2 rings (SSSR count). The Kier molecular flexibility index (Phi) is 4.88. The Labute approximate surface area is 142 Å². The topological polar surface area (TPSA) is 46.2 Å². The SMILES string of the molecule is Cc1cc(NS(=O)(=O)c2cc(Cl)cc(Cl)c2)cc(C)c1Br. The van der Waals surface area contributed by atoms with Gasteiger partial charge in [-0.2, -0.15) is 0 Å². The van der Waals surface area contributed by atoms with Crippen LogP contribution in [0.2, 0.25) is 10.0 Å². The summed E-state index contributed by atoms with van der Waals surface area (Å²) in [6.45, 7) is 3.79. The predicted molar refractivity (Wildman–Crippen MR) is 90.9 cm³/mol. The standard InChI is InChI=1S/C14H12BrCl2NO2S/c1-8-3-12(4-9(2)14(8)15)18-21(19,20)13-6-10(16)5-11(17)7-13/h3-7,18H,1-2H3. The van der Waals surface area contributed by atoms with Crippen LogP contribution in [0.15, 0.2) is 39.7 Å². The smallest absolute Gasteiger partial charge is 0.261 e. The quantitative estimate of drug-likeness (QED) is 0.760. The maximum atomic E-state index is 12.4. The molecule has 0 saturated heterocycles. The van der Waals surface area contributed by atoms with Gasteiger partial charge in [-0.1, -0.05) is 39.1 Å². The molecule has 7 heteroatoms. The van der Waals surface area contributed by atoms with Crippen molar-refractivity contribution in [3.63, 3.8) is 0 Å². The molecule has 0 aliphatic carbocycles. The van der Waals surface area contributed by atoms with Gasteiger partial charge < -0.3 is 0 Å². The molecule has 0 heterocycles. The van der Waals surface area contributed by atoms with Gasteiger partial charge in [0.05, 0.1) is 4.90 Å². The highest BCUT2D eigenvalue weighted by Crippen LogP contribution is 2.28. The minimum absolute atomic E-state index is 0.0261. The largest absolute Gasteiger partial charge is 0.280 e. The van der Waals surface area contributed by atoms with Crippen LogP contribution in [0.1, 0.15) is 11.1 Å². The van der Waals surface area contributed by atoms with Crippen molar-refractivity contribution in [1.82, 2.24) is 0 Å². The first-order chi connectivity index (χ1) is 9.69. The molecule has 0 fully saturated rings. The van der Waals surface area contributed by atoms with Crippen LogP contribution in [0.3, 0.4) is 0 Å². The van der Waals surface area contributed by atoms with E-state index in [9.17, 15) is 8.42 Å². The van der Waals surface area contributed by atoms with Crippen molar-refractivity contribution in [1.29, 1.82) is 0 Å². The number of halogens is 3. The van der Waals surface area contributed by atoms with Crippen LogP contribution in [0, 0.1) is 13.8 Å². The molecule has 3 nitrogen and oxygen atoms in total. The van der Waals surface area contributed by atoms with Crippen molar-refractivity contribution < 1.29 is 8.42 Å². The van der Waals surface area contributed by atoms with E-state index in [1.54, 1.807) is 12.1 Å². The predicted octanol–water partition coefficient (Wildman–Crippen LogP) is 5.17. The normalized spacial score (nSPS) is 11.5. The fourth-order valence-electron chi connectivity index (χ4n) is 1.90. The summed E-state index contributed by atoms with van der Waals surface area (Å²) in [5, 5.41) is 0.539. The van der Waals surface area contributed by atoms with E-state index in [0.717, 1.165) is 15.6 Å². The second kappa shape index (κ2) is 6.16. The van der Waals surface area contributed by atoms with Crippen molar-refractivity contribution in [2.45, 2.75) is 18.7 Å². The van der Waals surface area contributed by atoms with E-state index in [1.807, 2.05) is 13.8 Å². The number of sulfonamides is 1. The molecule has 21 heavy (non-hydrogen) atoms. The average molecular weight is 409 g/mol. The van der Waals surface area contributed by atoms with Crippen LogP contribution < -0.4 is 4.72 Å². The van der Waals surface area contributed by atoms with Crippen molar-refractivity contribution in [2.75, 3.05) is 4.72 Å². The molecular weight excluding hydrogens is 397 g/mol. The number of hydrogen-bond acceptors (Lipinski definition) is 2. The zero-order valence-electron chi connectivity index (χ0n) is 11.2. The number of aryl methyl sites for hydroxylation is 2. The highest BCUT2D eigenvalue weighted by Gasteiger charge is 2.16. The van der Waals surface area contributed by atoms with Gasteiger partial charge >= 0.3 is 0 Å². The van der Waals surface area contributed by atoms with Gasteiger partial charge in [0.2, 0.25) is 0 Å². The van der Waals surface area contributed by atoms with E-state index < -0.39 is 10.0 Å². The van der Waals surface area contributed by atoms with E-state index in [-0.39, 0.29) is 14.9 Å². The number of benzene rings is 2.